The molecule has 4 heteroatoms. The Morgan fingerprint density at radius 3 is 2.62 bits per heavy atom. The van der Waals surface area contributed by atoms with Gasteiger partial charge in [-0.15, -0.1) is 6.58 Å². The molecule has 0 bridgehead atoms. The fraction of sp³-hybridized carbons (Fsp3) is 0.500. The van der Waals surface area contributed by atoms with E-state index in [1.54, 1.807) is 12.4 Å². The Morgan fingerprint density at radius 1 is 1.44 bits per heavy atom. The van der Waals surface area contributed by atoms with Crippen LogP contribution in [0.2, 0.25) is 0 Å². The number of nitrogens with zero attached hydrogens (tertiary/aromatic N) is 3. The van der Waals surface area contributed by atoms with Crippen LogP contribution in [0.15, 0.2) is 25.0 Å². The van der Waals surface area contributed by atoms with Crippen molar-refractivity contribution < 1.29 is 0 Å². The van der Waals surface area contributed by atoms with E-state index in [1.165, 1.54) is 0 Å². The molecule has 4 nitrogen and oxygen atoms in total. The van der Waals surface area contributed by atoms with Crippen LogP contribution < -0.4 is 10.6 Å². The van der Waals surface area contributed by atoms with Crippen molar-refractivity contribution in [2.24, 2.45) is 5.73 Å². The second-order valence-electron chi connectivity index (χ2n) is 4.64. The number of anilines is 1. The topological polar surface area (TPSA) is 55.0 Å². The maximum Gasteiger partial charge on any atom is 0.148 e. The van der Waals surface area contributed by atoms with Crippen molar-refractivity contribution in [2.45, 2.75) is 32.9 Å². The van der Waals surface area contributed by atoms with E-state index in [0.29, 0.717) is 6.54 Å². The molecule has 16 heavy (non-hydrogen) atoms. The summed E-state index contributed by atoms with van der Waals surface area (Å²) in [4.78, 5) is 10.8. The van der Waals surface area contributed by atoms with Crippen LogP contribution in [0.5, 0.6) is 0 Å². The molecule has 0 atom stereocenters. The van der Waals surface area contributed by atoms with Gasteiger partial charge in [0.25, 0.3) is 0 Å². The Morgan fingerprint density at radius 2 is 2.12 bits per heavy atom. The molecule has 1 heterocycles. The quantitative estimate of drug-likeness (QED) is 0.785. The van der Waals surface area contributed by atoms with Gasteiger partial charge in [0.15, 0.2) is 0 Å². The first kappa shape index (κ1) is 12.6. The van der Waals surface area contributed by atoms with E-state index in [4.69, 9.17) is 5.73 Å². The molecule has 1 aromatic rings. The number of hydrogen-bond acceptors (Lipinski definition) is 4. The monoisotopic (exact) mass is 220 g/mol. The molecule has 0 spiro atoms. The van der Waals surface area contributed by atoms with Crippen molar-refractivity contribution in [1.82, 2.24) is 9.97 Å². The summed E-state index contributed by atoms with van der Waals surface area (Å²) < 4.78 is 0. The van der Waals surface area contributed by atoms with Gasteiger partial charge in [0.05, 0.1) is 11.9 Å². The van der Waals surface area contributed by atoms with E-state index in [2.05, 4.69) is 42.2 Å². The van der Waals surface area contributed by atoms with Gasteiger partial charge in [0.1, 0.15) is 5.82 Å². The molecule has 0 saturated carbocycles. The van der Waals surface area contributed by atoms with Crippen molar-refractivity contribution in [2.75, 3.05) is 11.4 Å². The molecule has 0 fully saturated rings. The second-order valence-corrected chi connectivity index (χ2v) is 4.64. The van der Waals surface area contributed by atoms with Crippen LogP contribution in [0.4, 0.5) is 5.82 Å². The molecule has 0 aliphatic rings. The van der Waals surface area contributed by atoms with Gasteiger partial charge in [0, 0.05) is 24.8 Å². The third kappa shape index (κ3) is 3.03. The van der Waals surface area contributed by atoms with Crippen molar-refractivity contribution in [1.29, 1.82) is 0 Å². The molecule has 2 N–H and O–H groups in total. The number of hydrogen-bond donors (Lipinski definition) is 1. The number of nitrogens with two attached hydrogens (primary N) is 1. The summed E-state index contributed by atoms with van der Waals surface area (Å²) in [6, 6.07) is 0. The van der Waals surface area contributed by atoms with Crippen LogP contribution in [-0.2, 0) is 6.54 Å². The molecule has 88 valence electrons. The van der Waals surface area contributed by atoms with Gasteiger partial charge in [-0.3, -0.25) is 4.98 Å². The zero-order chi connectivity index (χ0) is 12.2. The molecule has 0 radical (unpaired) electrons. The lowest BCUT2D eigenvalue weighted by molar-refractivity contribution is 0.516. The Kier molecular flexibility index (Phi) is 4.01. The first-order valence-electron chi connectivity index (χ1n) is 5.38. The number of aromatic nitrogens is 2. The van der Waals surface area contributed by atoms with Gasteiger partial charge in [-0.2, -0.15) is 0 Å². The third-order valence-electron chi connectivity index (χ3n) is 2.28. The minimum Gasteiger partial charge on any atom is -0.347 e. The maximum atomic E-state index is 5.56. The predicted molar refractivity (Wildman–Crippen MR) is 67.2 cm³/mol. The smallest absolute Gasteiger partial charge is 0.148 e. The van der Waals surface area contributed by atoms with Crippen molar-refractivity contribution >= 4 is 5.82 Å². The average Bonchev–Trinajstić information content (AvgIpc) is 2.24. The Balaban J connectivity index is 3.05. The van der Waals surface area contributed by atoms with Gasteiger partial charge >= 0.3 is 0 Å². The van der Waals surface area contributed by atoms with E-state index in [-0.39, 0.29) is 5.54 Å². The lowest BCUT2D eigenvalue weighted by Crippen LogP contribution is -2.42. The van der Waals surface area contributed by atoms with Gasteiger partial charge in [-0.05, 0) is 20.8 Å². The minimum atomic E-state index is -0.0178. The maximum absolute atomic E-state index is 5.56. The fourth-order valence-electron chi connectivity index (χ4n) is 1.46. The van der Waals surface area contributed by atoms with Crippen LogP contribution in [0.1, 0.15) is 26.5 Å². The van der Waals surface area contributed by atoms with Crippen molar-refractivity contribution in [3.63, 3.8) is 0 Å². The molecule has 0 aliphatic heterocycles. The first-order chi connectivity index (χ1) is 7.49. The minimum absolute atomic E-state index is 0.0178. The molecular formula is C12H20N4. The standard InChI is InChI=1S/C12H20N4/c1-5-6-16(12(2,3)4)11-9-14-8-10(7-13)15-11/h5,8-9H,1,6-7,13H2,2-4H3. The summed E-state index contributed by atoms with van der Waals surface area (Å²) in [7, 11) is 0. The summed E-state index contributed by atoms with van der Waals surface area (Å²) >= 11 is 0. The van der Waals surface area contributed by atoms with Crippen molar-refractivity contribution in [3.05, 3.63) is 30.7 Å². The largest absolute Gasteiger partial charge is 0.347 e. The first-order valence-corrected chi connectivity index (χ1v) is 5.38. The lowest BCUT2D eigenvalue weighted by atomic mass is 10.1. The average molecular weight is 220 g/mol. The van der Waals surface area contributed by atoms with E-state index < -0.39 is 0 Å². The fourth-order valence-corrected chi connectivity index (χ4v) is 1.46. The molecular weight excluding hydrogens is 200 g/mol. The lowest BCUT2D eigenvalue weighted by Gasteiger charge is -2.35. The van der Waals surface area contributed by atoms with E-state index in [0.717, 1.165) is 18.1 Å². The highest BCUT2D eigenvalue weighted by molar-refractivity contribution is 5.40. The summed E-state index contributed by atoms with van der Waals surface area (Å²) in [6.07, 6.45) is 5.31. The zero-order valence-electron chi connectivity index (χ0n) is 10.3. The molecule has 0 aromatic carbocycles. The normalized spacial score (nSPS) is 11.2. The Hall–Kier alpha value is -1.42. The summed E-state index contributed by atoms with van der Waals surface area (Å²) in [5.74, 6) is 0.843. The third-order valence-corrected chi connectivity index (χ3v) is 2.28. The van der Waals surface area contributed by atoms with E-state index in [1.807, 2.05) is 6.08 Å². The van der Waals surface area contributed by atoms with Gasteiger partial charge < -0.3 is 10.6 Å². The van der Waals surface area contributed by atoms with Crippen LogP contribution in [0, 0.1) is 0 Å². The SMILES string of the molecule is C=CCN(c1cncc(CN)n1)C(C)(C)C. The van der Waals surface area contributed by atoms with Crippen molar-refractivity contribution in [3.8, 4) is 0 Å². The predicted octanol–water partition coefficient (Wildman–Crippen LogP) is 1.73. The zero-order valence-corrected chi connectivity index (χ0v) is 10.3. The van der Waals surface area contributed by atoms with Crippen LogP contribution in [0.3, 0.4) is 0 Å². The van der Waals surface area contributed by atoms with Gasteiger partial charge in [-0.25, -0.2) is 4.98 Å². The summed E-state index contributed by atoms with van der Waals surface area (Å²) in [5, 5.41) is 0. The summed E-state index contributed by atoms with van der Waals surface area (Å²) in [5.41, 5.74) is 6.34. The molecule has 1 rings (SSSR count). The van der Waals surface area contributed by atoms with Crippen LogP contribution >= 0.6 is 0 Å². The van der Waals surface area contributed by atoms with Crippen LogP contribution in [0.25, 0.3) is 0 Å². The number of rotatable bonds is 4. The highest BCUT2D eigenvalue weighted by atomic mass is 15.2. The van der Waals surface area contributed by atoms with Gasteiger partial charge in [-0.1, -0.05) is 6.08 Å². The van der Waals surface area contributed by atoms with Gasteiger partial charge in [0.2, 0.25) is 0 Å². The molecule has 0 aliphatic carbocycles. The summed E-state index contributed by atoms with van der Waals surface area (Å²) in [6.45, 7) is 11.3. The Bertz CT molecular complexity index is 354. The molecule has 0 saturated heterocycles. The van der Waals surface area contributed by atoms with E-state index >= 15 is 0 Å². The highest BCUT2D eigenvalue weighted by Crippen LogP contribution is 2.20. The van der Waals surface area contributed by atoms with Crippen LogP contribution in [-0.4, -0.2) is 22.1 Å². The highest BCUT2D eigenvalue weighted by Gasteiger charge is 2.21. The van der Waals surface area contributed by atoms with E-state index in [9.17, 15) is 0 Å². The second kappa shape index (κ2) is 5.07. The molecule has 1 aromatic heterocycles. The molecule has 0 unspecified atom stereocenters. The molecule has 0 amide bonds. The Labute approximate surface area is 97.2 Å².